The highest BCUT2D eigenvalue weighted by atomic mass is 16.3. The summed E-state index contributed by atoms with van der Waals surface area (Å²) in [6.45, 7) is 0.858. The number of amides is 1. The SMILES string of the molecule is NC1CCCC1C(=O)N(CCCO)C1CCC1. The number of aliphatic hydroxyl groups excluding tert-OH is 1. The quantitative estimate of drug-likeness (QED) is 0.749. The Hall–Kier alpha value is -0.610. The van der Waals surface area contributed by atoms with E-state index in [1.165, 1.54) is 6.42 Å². The minimum atomic E-state index is 0.0364. The Kier molecular flexibility index (Phi) is 4.40. The molecule has 3 N–H and O–H groups in total. The van der Waals surface area contributed by atoms with E-state index in [1.807, 2.05) is 4.90 Å². The molecule has 2 saturated carbocycles. The van der Waals surface area contributed by atoms with E-state index in [0.717, 1.165) is 32.1 Å². The molecule has 0 bridgehead atoms. The Labute approximate surface area is 103 Å². The molecule has 0 aromatic rings. The second kappa shape index (κ2) is 5.83. The molecule has 17 heavy (non-hydrogen) atoms. The highest BCUT2D eigenvalue weighted by Crippen LogP contribution is 2.31. The Morgan fingerprint density at radius 3 is 2.41 bits per heavy atom. The lowest BCUT2D eigenvalue weighted by Gasteiger charge is -2.39. The van der Waals surface area contributed by atoms with Crippen molar-refractivity contribution in [1.82, 2.24) is 4.90 Å². The average Bonchev–Trinajstić information content (AvgIpc) is 2.67. The Balaban J connectivity index is 1.95. The van der Waals surface area contributed by atoms with Gasteiger partial charge in [0, 0.05) is 25.2 Å². The lowest BCUT2D eigenvalue weighted by Crippen LogP contribution is -2.49. The molecule has 1 amide bonds. The third-order valence-corrected chi connectivity index (χ3v) is 4.24. The van der Waals surface area contributed by atoms with E-state index >= 15 is 0 Å². The van der Waals surface area contributed by atoms with E-state index in [4.69, 9.17) is 10.8 Å². The summed E-state index contributed by atoms with van der Waals surface area (Å²) in [6.07, 6.45) is 7.17. The van der Waals surface area contributed by atoms with Crippen LogP contribution in [0.15, 0.2) is 0 Å². The van der Waals surface area contributed by atoms with Crippen molar-refractivity contribution < 1.29 is 9.90 Å². The van der Waals surface area contributed by atoms with Gasteiger partial charge in [0.1, 0.15) is 0 Å². The number of hydrogen-bond acceptors (Lipinski definition) is 3. The molecular formula is C13H24N2O2. The van der Waals surface area contributed by atoms with Crippen molar-refractivity contribution in [3.05, 3.63) is 0 Å². The number of hydrogen-bond donors (Lipinski definition) is 2. The molecule has 0 radical (unpaired) electrons. The van der Waals surface area contributed by atoms with E-state index in [9.17, 15) is 4.79 Å². The van der Waals surface area contributed by atoms with Crippen LogP contribution in [0.1, 0.15) is 44.9 Å². The molecule has 4 nitrogen and oxygen atoms in total. The van der Waals surface area contributed by atoms with Gasteiger partial charge in [-0.3, -0.25) is 4.79 Å². The molecule has 2 aliphatic carbocycles. The molecule has 0 aromatic heterocycles. The molecule has 0 aliphatic heterocycles. The second-order valence-corrected chi connectivity index (χ2v) is 5.39. The smallest absolute Gasteiger partial charge is 0.227 e. The maximum atomic E-state index is 12.5. The summed E-state index contributed by atoms with van der Waals surface area (Å²) >= 11 is 0. The van der Waals surface area contributed by atoms with Crippen LogP contribution in [0.25, 0.3) is 0 Å². The van der Waals surface area contributed by atoms with Gasteiger partial charge in [0.15, 0.2) is 0 Å². The number of carbonyl (C=O) groups is 1. The van der Waals surface area contributed by atoms with Crippen LogP contribution in [0.4, 0.5) is 0 Å². The van der Waals surface area contributed by atoms with Crippen LogP contribution in [0.5, 0.6) is 0 Å². The molecule has 2 rings (SSSR count). The van der Waals surface area contributed by atoms with Gasteiger partial charge in [0.25, 0.3) is 0 Å². The van der Waals surface area contributed by atoms with Gasteiger partial charge in [-0.25, -0.2) is 0 Å². The van der Waals surface area contributed by atoms with Crippen LogP contribution >= 0.6 is 0 Å². The first kappa shape index (κ1) is 12.8. The van der Waals surface area contributed by atoms with Crippen molar-refractivity contribution in [1.29, 1.82) is 0 Å². The molecule has 2 atom stereocenters. The Morgan fingerprint density at radius 2 is 1.94 bits per heavy atom. The highest BCUT2D eigenvalue weighted by molar-refractivity contribution is 5.80. The summed E-state index contributed by atoms with van der Waals surface area (Å²) < 4.78 is 0. The summed E-state index contributed by atoms with van der Waals surface area (Å²) in [5.74, 6) is 0.280. The van der Waals surface area contributed by atoms with Crippen molar-refractivity contribution in [2.75, 3.05) is 13.2 Å². The highest BCUT2D eigenvalue weighted by Gasteiger charge is 2.37. The molecule has 0 saturated heterocycles. The molecule has 2 aliphatic rings. The van der Waals surface area contributed by atoms with Crippen LogP contribution in [-0.2, 0) is 4.79 Å². The lowest BCUT2D eigenvalue weighted by atomic mass is 9.89. The zero-order valence-electron chi connectivity index (χ0n) is 10.5. The molecule has 2 unspecified atom stereocenters. The largest absolute Gasteiger partial charge is 0.396 e. The Bertz CT molecular complexity index is 266. The van der Waals surface area contributed by atoms with E-state index in [-0.39, 0.29) is 24.5 Å². The summed E-state index contributed by atoms with van der Waals surface area (Å²) in [5, 5.41) is 8.92. The third kappa shape index (κ3) is 2.80. The fourth-order valence-corrected chi connectivity index (χ4v) is 2.92. The first-order valence-electron chi connectivity index (χ1n) is 6.91. The van der Waals surface area contributed by atoms with E-state index in [2.05, 4.69) is 0 Å². The summed E-state index contributed by atoms with van der Waals surface area (Å²) in [4.78, 5) is 14.5. The molecule has 0 aromatic carbocycles. The number of nitrogens with two attached hydrogens (primary N) is 1. The van der Waals surface area contributed by atoms with E-state index in [1.54, 1.807) is 0 Å². The van der Waals surface area contributed by atoms with Crippen LogP contribution < -0.4 is 5.73 Å². The molecule has 0 spiro atoms. The topological polar surface area (TPSA) is 66.6 Å². The molecule has 4 heteroatoms. The fraction of sp³-hybridized carbons (Fsp3) is 0.923. The molecule has 2 fully saturated rings. The fourth-order valence-electron chi connectivity index (χ4n) is 2.92. The van der Waals surface area contributed by atoms with Gasteiger partial charge in [-0.2, -0.15) is 0 Å². The minimum Gasteiger partial charge on any atom is -0.396 e. The zero-order chi connectivity index (χ0) is 12.3. The summed E-state index contributed by atoms with van der Waals surface area (Å²) in [5.41, 5.74) is 6.01. The first-order chi connectivity index (χ1) is 8.24. The van der Waals surface area contributed by atoms with Crippen LogP contribution in [0.2, 0.25) is 0 Å². The number of rotatable bonds is 5. The molecule has 0 heterocycles. The Morgan fingerprint density at radius 1 is 1.24 bits per heavy atom. The van der Waals surface area contributed by atoms with E-state index < -0.39 is 0 Å². The van der Waals surface area contributed by atoms with Crippen molar-refractivity contribution in [3.63, 3.8) is 0 Å². The standard InChI is InChI=1S/C13H24N2O2/c14-12-7-2-6-11(12)13(17)15(8-3-9-16)10-4-1-5-10/h10-12,16H,1-9,14H2. The lowest BCUT2D eigenvalue weighted by molar-refractivity contribution is -0.140. The summed E-state index contributed by atoms with van der Waals surface area (Å²) in [6, 6.07) is 0.473. The van der Waals surface area contributed by atoms with Gasteiger partial charge >= 0.3 is 0 Å². The van der Waals surface area contributed by atoms with Crippen molar-refractivity contribution in [2.24, 2.45) is 11.7 Å². The minimum absolute atomic E-state index is 0.0364. The number of nitrogens with zero attached hydrogens (tertiary/aromatic N) is 1. The van der Waals surface area contributed by atoms with Crippen LogP contribution in [0.3, 0.4) is 0 Å². The van der Waals surface area contributed by atoms with Gasteiger partial charge in [-0.1, -0.05) is 6.42 Å². The van der Waals surface area contributed by atoms with Crippen LogP contribution in [0, 0.1) is 5.92 Å². The van der Waals surface area contributed by atoms with Gasteiger partial charge in [-0.15, -0.1) is 0 Å². The first-order valence-corrected chi connectivity index (χ1v) is 6.91. The predicted octanol–water partition coefficient (Wildman–Crippen LogP) is 0.877. The number of carbonyl (C=O) groups excluding carboxylic acids is 1. The predicted molar refractivity (Wildman–Crippen MR) is 66.4 cm³/mol. The maximum Gasteiger partial charge on any atom is 0.227 e. The monoisotopic (exact) mass is 240 g/mol. The van der Waals surface area contributed by atoms with Gasteiger partial charge in [0.05, 0.1) is 5.92 Å². The number of aliphatic hydroxyl groups is 1. The van der Waals surface area contributed by atoms with Crippen molar-refractivity contribution in [2.45, 2.75) is 57.0 Å². The van der Waals surface area contributed by atoms with Crippen molar-refractivity contribution in [3.8, 4) is 0 Å². The van der Waals surface area contributed by atoms with Gasteiger partial charge in [0.2, 0.25) is 5.91 Å². The van der Waals surface area contributed by atoms with Gasteiger partial charge < -0.3 is 15.7 Å². The van der Waals surface area contributed by atoms with E-state index in [0.29, 0.717) is 19.0 Å². The van der Waals surface area contributed by atoms with Gasteiger partial charge in [-0.05, 0) is 38.5 Å². The average molecular weight is 240 g/mol. The molecule has 98 valence electrons. The third-order valence-electron chi connectivity index (χ3n) is 4.24. The second-order valence-electron chi connectivity index (χ2n) is 5.39. The normalized spacial score (nSPS) is 29.1. The van der Waals surface area contributed by atoms with Crippen molar-refractivity contribution >= 4 is 5.91 Å². The molecular weight excluding hydrogens is 216 g/mol. The van der Waals surface area contributed by atoms with Crippen LogP contribution in [-0.4, -0.2) is 41.1 Å². The maximum absolute atomic E-state index is 12.5. The summed E-state index contributed by atoms with van der Waals surface area (Å²) in [7, 11) is 0. The zero-order valence-corrected chi connectivity index (χ0v) is 10.5.